The number of nitrogens with zero attached hydrogens (tertiary/aromatic N) is 1. The van der Waals surface area contributed by atoms with Gasteiger partial charge in [0.25, 0.3) is 0 Å². The lowest BCUT2D eigenvalue weighted by Crippen LogP contribution is -2.61. The summed E-state index contributed by atoms with van der Waals surface area (Å²) >= 11 is 0. The first kappa shape index (κ1) is 18.4. The van der Waals surface area contributed by atoms with E-state index in [2.05, 4.69) is 37.9 Å². The van der Waals surface area contributed by atoms with Crippen LogP contribution in [0.25, 0.3) is 0 Å². The fourth-order valence-electron chi connectivity index (χ4n) is 3.33. The largest absolute Gasteiger partial charge is 0.465 e. The minimum Gasteiger partial charge on any atom is -0.465 e. The van der Waals surface area contributed by atoms with Crippen LogP contribution < -0.4 is 5.32 Å². The van der Waals surface area contributed by atoms with Gasteiger partial charge in [-0.25, -0.2) is 0 Å². The maximum absolute atomic E-state index is 12.4. The van der Waals surface area contributed by atoms with E-state index in [9.17, 15) is 4.79 Å². The standard InChI is InChI=1S/C17H34N2O2/c1-7-9-18-17(6,16(20)21-8-2)12-19-11-13(3)10-14(4)15(19)5/h13-15,18H,7-12H2,1-6H3. The third kappa shape index (κ3) is 4.96. The molecule has 21 heavy (non-hydrogen) atoms. The van der Waals surface area contributed by atoms with Crippen molar-refractivity contribution in [3.05, 3.63) is 0 Å². The van der Waals surface area contributed by atoms with E-state index in [0.29, 0.717) is 24.5 Å². The summed E-state index contributed by atoms with van der Waals surface area (Å²) in [7, 11) is 0. The molecule has 0 aliphatic carbocycles. The predicted octanol–water partition coefficient (Wildman–Crippen LogP) is 2.67. The molecule has 0 spiro atoms. The summed E-state index contributed by atoms with van der Waals surface area (Å²) in [5, 5.41) is 3.41. The molecule has 4 atom stereocenters. The summed E-state index contributed by atoms with van der Waals surface area (Å²) in [6.45, 7) is 15.9. The van der Waals surface area contributed by atoms with Crippen LogP contribution in [0.2, 0.25) is 0 Å². The number of piperidine rings is 1. The van der Waals surface area contributed by atoms with Gasteiger partial charge >= 0.3 is 5.97 Å². The lowest BCUT2D eigenvalue weighted by atomic mass is 9.84. The summed E-state index contributed by atoms with van der Waals surface area (Å²) in [6.07, 6.45) is 2.29. The molecule has 1 rings (SSSR count). The monoisotopic (exact) mass is 298 g/mol. The molecule has 1 heterocycles. The van der Waals surface area contributed by atoms with Gasteiger partial charge in [0.15, 0.2) is 0 Å². The van der Waals surface area contributed by atoms with Crippen molar-refractivity contribution in [2.24, 2.45) is 11.8 Å². The fraction of sp³-hybridized carbons (Fsp3) is 0.941. The third-order valence-electron chi connectivity index (χ3n) is 4.73. The topological polar surface area (TPSA) is 41.6 Å². The molecule has 0 radical (unpaired) electrons. The summed E-state index contributed by atoms with van der Waals surface area (Å²) < 4.78 is 5.31. The molecule has 0 bridgehead atoms. The molecule has 124 valence electrons. The number of ether oxygens (including phenoxy) is 1. The van der Waals surface area contributed by atoms with Crippen molar-refractivity contribution < 1.29 is 9.53 Å². The Morgan fingerprint density at radius 2 is 2.00 bits per heavy atom. The van der Waals surface area contributed by atoms with E-state index < -0.39 is 5.54 Å². The van der Waals surface area contributed by atoms with Crippen molar-refractivity contribution in [1.29, 1.82) is 0 Å². The Hall–Kier alpha value is -0.610. The van der Waals surface area contributed by atoms with Crippen LogP contribution >= 0.6 is 0 Å². The highest BCUT2D eigenvalue weighted by Crippen LogP contribution is 2.28. The van der Waals surface area contributed by atoms with Crippen molar-refractivity contribution in [2.45, 2.75) is 66.0 Å². The smallest absolute Gasteiger partial charge is 0.327 e. The third-order valence-corrected chi connectivity index (χ3v) is 4.73. The van der Waals surface area contributed by atoms with Crippen LogP contribution in [-0.4, -0.2) is 48.7 Å². The molecule has 1 saturated heterocycles. The molecule has 1 aliphatic rings. The maximum atomic E-state index is 12.4. The maximum Gasteiger partial charge on any atom is 0.327 e. The number of likely N-dealkylation sites (tertiary alicyclic amines) is 1. The van der Waals surface area contributed by atoms with Crippen molar-refractivity contribution in [1.82, 2.24) is 10.2 Å². The highest BCUT2D eigenvalue weighted by molar-refractivity contribution is 5.80. The van der Waals surface area contributed by atoms with Crippen molar-refractivity contribution in [2.75, 3.05) is 26.2 Å². The minimum atomic E-state index is -0.614. The molecule has 0 aromatic carbocycles. The molecule has 1 aliphatic heterocycles. The van der Waals surface area contributed by atoms with Gasteiger partial charge in [-0.15, -0.1) is 0 Å². The van der Waals surface area contributed by atoms with Crippen LogP contribution in [0.5, 0.6) is 0 Å². The Bertz CT molecular complexity index is 335. The van der Waals surface area contributed by atoms with Gasteiger partial charge in [0.05, 0.1) is 6.61 Å². The first-order valence-electron chi connectivity index (χ1n) is 8.50. The van der Waals surface area contributed by atoms with Crippen LogP contribution in [0, 0.1) is 11.8 Å². The average molecular weight is 298 g/mol. The average Bonchev–Trinajstić information content (AvgIpc) is 2.42. The van der Waals surface area contributed by atoms with E-state index in [1.165, 1.54) is 6.42 Å². The van der Waals surface area contributed by atoms with Gasteiger partial charge in [0.2, 0.25) is 0 Å². The van der Waals surface area contributed by atoms with E-state index >= 15 is 0 Å². The summed E-state index contributed by atoms with van der Waals surface area (Å²) in [5.41, 5.74) is -0.614. The second kappa shape index (κ2) is 8.14. The Balaban J connectivity index is 2.81. The molecule has 1 fully saturated rings. The predicted molar refractivity (Wildman–Crippen MR) is 87.3 cm³/mol. The zero-order chi connectivity index (χ0) is 16.0. The SMILES string of the molecule is CCCNC(C)(CN1CC(C)CC(C)C1C)C(=O)OCC. The summed E-state index contributed by atoms with van der Waals surface area (Å²) in [6, 6.07) is 0.512. The van der Waals surface area contributed by atoms with Gasteiger partial charge in [-0.05, 0) is 52.0 Å². The van der Waals surface area contributed by atoms with E-state index in [-0.39, 0.29) is 5.97 Å². The number of hydrogen-bond acceptors (Lipinski definition) is 4. The molecule has 0 saturated carbocycles. The van der Waals surface area contributed by atoms with Gasteiger partial charge in [0, 0.05) is 19.1 Å². The van der Waals surface area contributed by atoms with Crippen LogP contribution in [0.15, 0.2) is 0 Å². The van der Waals surface area contributed by atoms with Gasteiger partial charge in [0.1, 0.15) is 5.54 Å². The van der Waals surface area contributed by atoms with E-state index in [4.69, 9.17) is 4.74 Å². The zero-order valence-corrected chi connectivity index (χ0v) is 14.7. The molecule has 4 heteroatoms. The Morgan fingerprint density at radius 1 is 1.33 bits per heavy atom. The number of hydrogen-bond donors (Lipinski definition) is 1. The van der Waals surface area contributed by atoms with Gasteiger partial charge < -0.3 is 10.1 Å². The number of nitrogens with one attached hydrogen (secondary N) is 1. The molecule has 1 N–H and O–H groups in total. The van der Waals surface area contributed by atoms with Gasteiger partial charge in [-0.3, -0.25) is 9.69 Å². The number of rotatable bonds is 7. The molecule has 0 aromatic rings. The fourth-order valence-corrected chi connectivity index (χ4v) is 3.33. The van der Waals surface area contributed by atoms with Gasteiger partial charge in [-0.1, -0.05) is 20.8 Å². The number of esters is 1. The van der Waals surface area contributed by atoms with E-state index in [0.717, 1.165) is 26.1 Å². The lowest BCUT2D eigenvalue weighted by Gasteiger charge is -2.44. The van der Waals surface area contributed by atoms with Crippen LogP contribution in [0.3, 0.4) is 0 Å². The molecule has 4 nitrogen and oxygen atoms in total. The molecular weight excluding hydrogens is 264 g/mol. The number of carbonyl (C=O) groups excluding carboxylic acids is 1. The van der Waals surface area contributed by atoms with E-state index in [1.54, 1.807) is 0 Å². The highest BCUT2D eigenvalue weighted by atomic mass is 16.5. The lowest BCUT2D eigenvalue weighted by molar-refractivity contribution is -0.152. The first-order valence-corrected chi connectivity index (χ1v) is 8.50. The number of carbonyl (C=O) groups is 1. The quantitative estimate of drug-likeness (QED) is 0.734. The van der Waals surface area contributed by atoms with Crippen LogP contribution in [-0.2, 0) is 9.53 Å². The zero-order valence-electron chi connectivity index (χ0n) is 14.7. The Kier molecular flexibility index (Phi) is 7.14. The van der Waals surface area contributed by atoms with Crippen molar-refractivity contribution in [3.8, 4) is 0 Å². The molecular formula is C17H34N2O2. The molecule has 0 aromatic heterocycles. The normalized spacial score (nSPS) is 29.9. The Morgan fingerprint density at radius 3 is 2.57 bits per heavy atom. The Labute approximate surface area is 130 Å². The second-order valence-electron chi connectivity index (χ2n) is 6.97. The molecule has 4 unspecified atom stereocenters. The summed E-state index contributed by atoms with van der Waals surface area (Å²) in [5.74, 6) is 1.23. The highest BCUT2D eigenvalue weighted by Gasteiger charge is 2.39. The van der Waals surface area contributed by atoms with Crippen LogP contribution in [0.4, 0.5) is 0 Å². The van der Waals surface area contributed by atoms with E-state index in [1.807, 2.05) is 13.8 Å². The minimum absolute atomic E-state index is 0.128. The van der Waals surface area contributed by atoms with Crippen molar-refractivity contribution >= 4 is 5.97 Å². The van der Waals surface area contributed by atoms with Crippen molar-refractivity contribution in [3.63, 3.8) is 0 Å². The summed E-state index contributed by atoms with van der Waals surface area (Å²) in [4.78, 5) is 14.9. The van der Waals surface area contributed by atoms with Gasteiger partial charge in [-0.2, -0.15) is 0 Å². The van der Waals surface area contributed by atoms with Crippen LogP contribution in [0.1, 0.15) is 54.4 Å². The first-order chi connectivity index (χ1) is 9.84. The molecule has 0 amide bonds. The second-order valence-corrected chi connectivity index (χ2v) is 6.97.